The monoisotopic (exact) mass is 504 g/mol. The number of rotatable bonds is 8. The normalized spacial score (nSPS) is 12.1. The fourth-order valence-corrected chi connectivity index (χ4v) is 4.47. The van der Waals surface area contributed by atoms with Gasteiger partial charge in [0.2, 0.25) is 23.7 Å². The van der Waals surface area contributed by atoms with Crippen molar-refractivity contribution in [2.24, 2.45) is 0 Å². The highest BCUT2D eigenvalue weighted by atomic mass is 35.5. The Morgan fingerprint density at radius 2 is 2.03 bits per heavy atom. The van der Waals surface area contributed by atoms with Crippen molar-refractivity contribution in [1.29, 1.82) is 0 Å². The Bertz CT molecular complexity index is 1220. The maximum atomic E-state index is 12.3. The molecule has 1 aliphatic heterocycles. The second-order valence-electron chi connectivity index (χ2n) is 6.49. The van der Waals surface area contributed by atoms with Gasteiger partial charge in [0.15, 0.2) is 15.8 Å². The molecule has 2 N–H and O–H groups in total. The summed E-state index contributed by atoms with van der Waals surface area (Å²) < 4.78 is 16.3. The van der Waals surface area contributed by atoms with E-state index in [4.69, 9.17) is 25.8 Å². The van der Waals surface area contributed by atoms with Gasteiger partial charge in [-0.3, -0.25) is 14.9 Å². The zero-order valence-electron chi connectivity index (χ0n) is 17.2. The predicted molar refractivity (Wildman–Crippen MR) is 127 cm³/mol. The lowest BCUT2D eigenvalue weighted by molar-refractivity contribution is -0.114. The maximum absolute atomic E-state index is 12.3. The average Bonchev–Trinajstić information content (AvgIpc) is 3.45. The molecule has 2 aromatic carbocycles. The van der Waals surface area contributed by atoms with Crippen molar-refractivity contribution in [2.45, 2.75) is 4.34 Å². The summed E-state index contributed by atoms with van der Waals surface area (Å²) in [5, 5.41) is 14.1. The van der Waals surface area contributed by atoms with Gasteiger partial charge in [-0.25, -0.2) is 0 Å². The van der Waals surface area contributed by atoms with Crippen LogP contribution in [0.15, 0.2) is 46.8 Å². The second-order valence-corrected chi connectivity index (χ2v) is 9.13. The first-order valence-corrected chi connectivity index (χ1v) is 11.7. The number of hydrogen-bond acceptors (Lipinski definition) is 9. The molecule has 170 valence electrons. The minimum absolute atomic E-state index is 0.0995. The van der Waals surface area contributed by atoms with Gasteiger partial charge >= 0.3 is 0 Å². The van der Waals surface area contributed by atoms with Gasteiger partial charge in [0, 0.05) is 11.1 Å². The van der Waals surface area contributed by atoms with Crippen molar-refractivity contribution < 1.29 is 23.8 Å². The number of fused-ring (bicyclic) bond motifs is 1. The van der Waals surface area contributed by atoms with Crippen molar-refractivity contribution in [1.82, 2.24) is 10.2 Å². The second kappa shape index (κ2) is 10.6. The Kier molecular flexibility index (Phi) is 7.33. The van der Waals surface area contributed by atoms with Crippen LogP contribution in [-0.2, 0) is 9.59 Å². The Hall–Kier alpha value is -3.28. The number of thioether (sulfide) groups is 1. The fraction of sp³-hybridized carbons (Fsp3) is 0.143. The smallest absolute Gasteiger partial charge is 0.250 e. The van der Waals surface area contributed by atoms with Crippen LogP contribution in [-0.4, -0.2) is 41.7 Å². The van der Waals surface area contributed by atoms with Crippen molar-refractivity contribution >= 4 is 63.4 Å². The maximum Gasteiger partial charge on any atom is 0.250 e. The van der Waals surface area contributed by atoms with Crippen LogP contribution in [0.5, 0.6) is 17.2 Å². The number of hydrogen-bond donors (Lipinski definition) is 2. The van der Waals surface area contributed by atoms with Gasteiger partial charge in [-0.2, -0.15) is 0 Å². The van der Waals surface area contributed by atoms with E-state index in [1.807, 2.05) is 6.07 Å². The third-order valence-corrected chi connectivity index (χ3v) is 6.43. The Balaban J connectivity index is 1.27. The Labute approximate surface area is 202 Å². The highest BCUT2D eigenvalue weighted by Crippen LogP contribution is 2.33. The number of nitrogens with zero attached hydrogens (tertiary/aromatic N) is 2. The molecule has 0 bridgehead atoms. The number of halogens is 1. The molecule has 2 heterocycles. The average molecular weight is 505 g/mol. The molecule has 0 unspecified atom stereocenters. The summed E-state index contributed by atoms with van der Waals surface area (Å²) in [6.45, 7) is 0.191. The summed E-state index contributed by atoms with van der Waals surface area (Å²) >= 11 is 8.34. The zero-order valence-corrected chi connectivity index (χ0v) is 19.6. The van der Waals surface area contributed by atoms with Crippen molar-refractivity contribution in [2.75, 3.05) is 30.3 Å². The van der Waals surface area contributed by atoms with Crippen LogP contribution in [0.25, 0.3) is 6.08 Å². The summed E-state index contributed by atoms with van der Waals surface area (Å²) in [6, 6.07) is 10.3. The molecular weight excluding hydrogens is 488 g/mol. The number of benzene rings is 2. The predicted octanol–water partition coefficient (Wildman–Crippen LogP) is 4.31. The number of ether oxygens (including phenoxy) is 3. The first kappa shape index (κ1) is 22.9. The van der Waals surface area contributed by atoms with Gasteiger partial charge in [0.1, 0.15) is 5.75 Å². The molecule has 0 saturated heterocycles. The molecule has 12 heteroatoms. The topological polar surface area (TPSA) is 112 Å². The number of aromatic nitrogens is 2. The number of nitrogens with one attached hydrogen (secondary N) is 2. The lowest BCUT2D eigenvalue weighted by Gasteiger charge is -2.09. The molecule has 0 fully saturated rings. The van der Waals surface area contributed by atoms with Crippen molar-refractivity contribution in [3.05, 3.63) is 53.1 Å². The van der Waals surface area contributed by atoms with Gasteiger partial charge in [0.05, 0.1) is 18.6 Å². The van der Waals surface area contributed by atoms with Crippen LogP contribution in [0.3, 0.4) is 0 Å². The molecule has 1 aromatic heterocycles. The van der Waals surface area contributed by atoms with Gasteiger partial charge < -0.3 is 19.5 Å². The molecule has 1 aliphatic rings. The van der Waals surface area contributed by atoms with Crippen LogP contribution in [0.1, 0.15) is 5.56 Å². The van der Waals surface area contributed by atoms with Crippen LogP contribution in [0.2, 0.25) is 5.02 Å². The first-order chi connectivity index (χ1) is 16.0. The Morgan fingerprint density at radius 1 is 1.18 bits per heavy atom. The van der Waals surface area contributed by atoms with E-state index >= 15 is 0 Å². The van der Waals surface area contributed by atoms with Crippen LogP contribution in [0, 0.1) is 0 Å². The minimum atomic E-state index is -0.355. The molecule has 33 heavy (non-hydrogen) atoms. The molecule has 0 spiro atoms. The van der Waals surface area contributed by atoms with Crippen LogP contribution < -0.4 is 24.8 Å². The molecule has 2 amide bonds. The fourth-order valence-electron chi connectivity index (χ4n) is 2.75. The Morgan fingerprint density at radius 3 is 2.88 bits per heavy atom. The number of carbonyl (C=O) groups excluding carboxylic acids is 2. The molecule has 3 aromatic rings. The van der Waals surface area contributed by atoms with E-state index in [0.29, 0.717) is 37.4 Å². The first-order valence-electron chi connectivity index (χ1n) is 9.48. The van der Waals surface area contributed by atoms with E-state index in [1.54, 1.807) is 36.4 Å². The van der Waals surface area contributed by atoms with E-state index in [2.05, 4.69) is 20.8 Å². The van der Waals surface area contributed by atoms with Gasteiger partial charge in [0.25, 0.3) is 0 Å². The molecule has 0 atom stereocenters. The number of methoxy groups -OCH3 is 1. The summed E-state index contributed by atoms with van der Waals surface area (Å²) in [7, 11) is 1.51. The van der Waals surface area contributed by atoms with E-state index in [0.717, 1.165) is 5.56 Å². The highest BCUT2D eigenvalue weighted by Gasteiger charge is 2.13. The molecule has 4 rings (SSSR count). The molecule has 0 saturated carbocycles. The van der Waals surface area contributed by atoms with E-state index in [9.17, 15) is 9.59 Å². The van der Waals surface area contributed by atoms with E-state index in [-0.39, 0.29) is 24.4 Å². The third kappa shape index (κ3) is 6.15. The largest absolute Gasteiger partial charge is 0.495 e. The quantitative estimate of drug-likeness (QED) is 0.265. The molecule has 0 radical (unpaired) electrons. The molecular formula is C21H17ClN4O5S2. The number of anilines is 2. The minimum Gasteiger partial charge on any atom is -0.495 e. The SMILES string of the molecule is COc1ccc(Cl)cc1NC(=O)CSc1nnc(NC(=O)/C=C/c2ccc3c(c2)OCO3)s1. The van der Waals surface area contributed by atoms with Crippen molar-refractivity contribution in [3.63, 3.8) is 0 Å². The van der Waals surface area contributed by atoms with Gasteiger partial charge in [-0.05, 0) is 42.0 Å². The molecule has 0 aliphatic carbocycles. The number of carbonyl (C=O) groups is 2. The van der Waals surface area contributed by atoms with Gasteiger partial charge in [-0.15, -0.1) is 10.2 Å². The lowest BCUT2D eigenvalue weighted by atomic mass is 10.2. The summed E-state index contributed by atoms with van der Waals surface area (Å²) in [4.78, 5) is 24.4. The van der Waals surface area contributed by atoms with Crippen LogP contribution in [0.4, 0.5) is 10.8 Å². The zero-order chi connectivity index (χ0) is 23.2. The van der Waals surface area contributed by atoms with Crippen LogP contribution >= 0.6 is 34.7 Å². The highest BCUT2D eigenvalue weighted by molar-refractivity contribution is 8.01. The number of amides is 2. The lowest BCUT2D eigenvalue weighted by Crippen LogP contribution is -2.14. The summed E-state index contributed by atoms with van der Waals surface area (Å²) in [5.41, 5.74) is 1.28. The third-order valence-electron chi connectivity index (χ3n) is 4.22. The van der Waals surface area contributed by atoms with Gasteiger partial charge in [-0.1, -0.05) is 40.8 Å². The summed E-state index contributed by atoms with van der Waals surface area (Å²) in [5.74, 6) is 1.31. The van der Waals surface area contributed by atoms with E-state index < -0.39 is 0 Å². The molecule has 9 nitrogen and oxygen atoms in total. The standard InChI is InChI=1S/C21H17ClN4O5S2/c1-29-15-6-4-13(22)9-14(15)23-19(28)10-32-21-26-25-20(33-21)24-18(27)7-3-12-2-5-16-17(8-12)31-11-30-16/h2-9H,10-11H2,1H3,(H,23,28)(H,24,25,27)/b7-3+. The van der Waals surface area contributed by atoms with E-state index in [1.165, 1.54) is 36.3 Å². The summed E-state index contributed by atoms with van der Waals surface area (Å²) in [6.07, 6.45) is 3.04. The van der Waals surface area contributed by atoms with Crippen molar-refractivity contribution in [3.8, 4) is 17.2 Å².